The predicted molar refractivity (Wildman–Crippen MR) is 71.1 cm³/mol. The minimum absolute atomic E-state index is 0.116. The van der Waals surface area contributed by atoms with Gasteiger partial charge in [-0.3, -0.25) is 9.48 Å². The summed E-state index contributed by atoms with van der Waals surface area (Å²) in [5.74, 6) is 0.116. The van der Waals surface area contributed by atoms with E-state index in [-0.39, 0.29) is 5.78 Å². The second-order valence-electron chi connectivity index (χ2n) is 4.53. The Morgan fingerprint density at radius 3 is 2.95 bits per heavy atom. The highest BCUT2D eigenvalue weighted by Crippen LogP contribution is 2.13. The van der Waals surface area contributed by atoms with Crippen LogP contribution >= 0.6 is 0 Å². The van der Waals surface area contributed by atoms with E-state index in [1.165, 1.54) is 0 Å². The third-order valence-corrected chi connectivity index (χ3v) is 3.13. The van der Waals surface area contributed by atoms with Crippen LogP contribution < -0.4 is 0 Å². The molecule has 0 aliphatic carbocycles. The molecule has 0 radical (unpaired) electrons. The van der Waals surface area contributed by atoms with Gasteiger partial charge in [0.05, 0.1) is 23.5 Å². The van der Waals surface area contributed by atoms with Gasteiger partial charge in [0.25, 0.3) is 0 Å². The average Bonchev–Trinajstić information content (AvgIpc) is 3.02. The molecular weight excluding hydrogens is 240 g/mol. The Morgan fingerprint density at radius 1 is 1.26 bits per heavy atom. The van der Waals surface area contributed by atoms with Gasteiger partial charge in [0, 0.05) is 25.9 Å². The Balaban J connectivity index is 1.77. The van der Waals surface area contributed by atoms with Crippen molar-refractivity contribution in [2.24, 2.45) is 7.05 Å². The number of nitrogens with zero attached hydrogens (tertiary/aromatic N) is 4. The Hall–Kier alpha value is -2.43. The minimum Gasteiger partial charge on any atom is -0.294 e. The third-order valence-electron chi connectivity index (χ3n) is 3.13. The smallest absolute Gasteiger partial charge is 0.167 e. The van der Waals surface area contributed by atoms with Crippen LogP contribution in [0.25, 0.3) is 5.52 Å². The maximum absolute atomic E-state index is 12.2. The Labute approximate surface area is 110 Å². The van der Waals surface area contributed by atoms with Crippen LogP contribution in [0.4, 0.5) is 0 Å². The van der Waals surface area contributed by atoms with E-state index < -0.39 is 0 Å². The van der Waals surface area contributed by atoms with E-state index in [0.717, 1.165) is 11.1 Å². The zero-order valence-corrected chi connectivity index (χ0v) is 10.7. The standard InChI is InChI=1S/C14H14N4O/c1-17-10-11(8-15-17)5-6-14(19)12-9-16-18-7-3-2-4-13(12)18/h2-4,7-10H,5-6H2,1H3. The van der Waals surface area contributed by atoms with Gasteiger partial charge in [-0.25, -0.2) is 4.52 Å². The molecule has 0 amide bonds. The van der Waals surface area contributed by atoms with Crippen molar-refractivity contribution in [3.8, 4) is 0 Å². The summed E-state index contributed by atoms with van der Waals surface area (Å²) in [6.45, 7) is 0. The summed E-state index contributed by atoms with van der Waals surface area (Å²) in [6.07, 6.45) is 8.39. The number of fused-ring (bicyclic) bond motifs is 1. The number of hydrogen-bond donors (Lipinski definition) is 0. The highest BCUT2D eigenvalue weighted by atomic mass is 16.1. The lowest BCUT2D eigenvalue weighted by Crippen LogP contribution is -2.00. The molecule has 3 aromatic rings. The van der Waals surface area contributed by atoms with Crippen molar-refractivity contribution in [1.82, 2.24) is 19.4 Å². The minimum atomic E-state index is 0.116. The van der Waals surface area contributed by atoms with E-state index in [4.69, 9.17) is 0 Å². The van der Waals surface area contributed by atoms with E-state index in [1.807, 2.05) is 37.6 Å². The lowest BCUT2D eigenvalue weighted by Gasteiger charge is -1.98. The number of carbonyl (C=O) groups excluding carboxylic acids is 1. The SMILES string of the molecule is Cn1cc(CCC(=O)c2cnn3ccccc23)cn1. The van der Waals surface area contributed by atoms with Gasteiger partial charge >= 0.3 is 0 Å². The maximum Gasteiger partial charge on any atom is 0.167 e. The Morgan fingerprint density at radius 2 is 2.16 bits per heavy atom. The number of aromatic nitrogens is 4. The summed E-state index contributed by atoms with van der Waals surface area (Å²) >= 11 is 0. The van der Waals surface area contributed by atoms with E-state index >= 15 is 0 Å². The van der Waals surface area contributed by atoms with Crippen LogP contribution in [0, 0.1) is 0 Å². The molecule has 0 aliphatic rings. The number of hydrogen-bond acceptors (Lipinski definition) is 3. The van der Waals surface area contributed by atoms with Crippen LogP contribution in [0.15, 0.2) is 43.0 Å². The first-order valence-electron chi connectivity index (χ1n) is 6.17. The van der Waals surface area contributed by atoms with Gasteiger partial charge in [-0.1, -0.05) is 6.07 Å². The van der Waals surface area contributed by atoms with Crippen molar-refractivity contribution in [3.63, 3.8) is 0 Å². The second kappa shape index (κ2) is 4.68. The van der Waals surface area contributed by atoms with Gasteiger partial charge in [0.2, 0.25) is 0 Å². The normalized spacial score (nSPS) is 11.0. The molecule has 3 aromatic heterocycles. The van der Waals surface area contributed by atoms with Gasteiger partial charge in [-0.15, -0.1) is 0 Å². The summed E-state index contributed by atoms with van der Waals surface area (Å²) in [5.41, 5.74) is 2.62. The van der Waals surface area contributed by atoms with Gasteiger partial charge in [0.1, 0.15) is 0 Å². The molecule has 5 nitrogen and oxygen atoms in total. The van der Waals surface area contributed by atoms with E-state index in [2.05, 4.69) is 10.2 Å². The van der Waals surface area contributed by atoms with E-state index in [1.54, 1.807) is 21.6 Å². The predicted octanol–water partition coefficient (Wildman–Crippen LogP) is 1.88. The Bertz CT molecular complexity index is 726. The molecule has 5 heteroatoms. The lowest BCUT2D eigenvalue weighted by molar-refractivity contribution is 0.0984. The number of aryl methyl sites for hydroxylation is 2. The van der Waals surface area contributed by atoms with Gasteiger partial charge in [-0.05, 0) is 24.1 Å². The molecule has 0 N–H and O–H groups in total. The molecule has 96 valence electrons. The zero-order chi connectivity index (χ0) is 13.2. The zero-order valence-electron chi connectivity index (χ0n) is 10.7. The topological polar surface area (TPSA) is 52.2 Å². The molecule has 0 unspecified atom stereocenters. The molecule has 0 aromatic carbocycles. The first-order chi connectivity index (χ1) is 9.24. The van der Waals surface area contributed by atoms with Gasteiger partial charge in [-0.2, -0.15) is 10.2 Å². The number of pyridine rings is 1. The van der Waals surface area contributed by atoms with Crippen molar-refractivity contribution >= 4 is 11.3 Å². The molecule has 0 bridgehead atoms. The molecule has 0 fully saturated rings. The second-order valence-corrected chi connectivity index (χ2v) is 4.53. The van der Waals surface area contributed by atoms with Crippen LogP contribution in [0.1, 0.15) is 22.3 Å². The van der Waals surface area contributed by atoms with Crippen LogP contribution in [0.3, 0.4) is 0 Å². The maximum atomic E-state index is 12.2. The molecule has 3 heterocycles. The molecule has 0 spiro atoms. The van der Waals surface area contributed by atoms with Crippen LogP contribution in [-0.4, -0.2) is 25.2 Å². The quantitative estimate of drug-likeness (QED) is 0.668. The molecule has 3 rings (SSSR count). The van der Waals surface area contributed by atoms with E-state index in [9.17, 15) is 4.79 Å². The molecule has 0 aliphatic heterocycles. The summed E-state index contributed by atoms with van der Waals surface area (Å²) in [7, 11) is 1.87. The monoisotopic (exact) mass is 254 g/mol. The van der Waals surface area contributed by atoms with E-state index in [0.29, 0.717) is 18.4 Å². The number of rotatable bonds is 4. The fraction of sp³-hybridized carbons (Fsp3) is 0.214. The summed E-state index contributed by atoms with van der Waals surface area (Å²) < 4.78 is 3.46. The molecular formula is C14H14N4O. The molecule has 0 atom stereocenters. The average molecular weight is 254 g/mol. The van der Waals surface area contributed by atoms with Crippen LogP contribution in [0.2, 0.25) is 0 Å². The first-order valence-corrected chi connectivity index (χ1v) is 6.17. The van der Waals surface area contributed by atoms with Crippen LogP contribution in [0.5, 0.6) is 0 Å². The summed E-state index contributed by atoms with van der Waals surface area (Å²) in [4.78, 5) is 12.2. The first kappa shape index (κ1) is 11.6. The highest BCUT2D eigenvalue weighted by molar-refractivity contribution is 6.02. The lowest BCUT2D eigenvalue weighted by atomic mass is 10.1. The van der Waals surface area contributed by atoms with Crippen molar-refractivity contribution < 1.29 is 4.79 Å². The van der Waals surface area contributed by atoms with Crippen molar-refractivity contribution in [3.05, 3.63) is 54.1 Å². The third kappa shape index (κ3) is 2.27. The van der Waals surface area contributed by atoms with Gasteiger partial charge in [0.15, 0.2) is 5.78 Å². The molecule has 0 saturated carbocycles. The van der Waals surface area contributed by atoms with Gasteiger partial charge < -0.3 is 0 Å². The Kier molecular flexibility index (Phi) is 2.87. The number of carbonyl (C=O) groups is 1. The highest BCUT2D eigenvalue weighted by Gasteiger charge is 2.12. The largest absolute Gasteiger partial charge is 0.294 e. The molecule has 0 saturated heterocycles. The van der Waals surface area contributed by atoms with Crippen molar-refractivity contribution in [1.29, 1.82) is 0 Å². The summed E-state index contributed by atoms with van der Waals surface area (Å²) in [5, 5.41) is 8.27. The van der Waals surface area contributed by atoms with Crippen molar-refractivity contribution in [2.45, 2.75) is 12.8 Å². The van der Waals surface area contributed by atoms with Crippen LogP contribution in [-0.2, 0) is 13.5 Å². The van der Waals surface area contributed by atoms with Crippen molar-refractivity contribution in [2.75, 3.05) is 0 Å². The number of Topliss-reactive ketones (excluding diaryl/α,β-unsaturated/α-hetero) is 1. The fourth-order valence-corrected chi connectivity index (χ4v) is 2.14. The fourth-order valence-electron chi connectivity index (χ4n) is 2.14. The molecule has 19 heavy (non-hydrogen) atoms. The number of ketones is 1. The summed E-state index contributed by atoms with van der Waals surface area (Å²) in [6, 6.07) is 5.71.